The fraction of sp³-hybridized carbons (Fsp3) is 0.316. The highest BCUT2D eigenvalue weighted by Crippen LogP contribution is 2.42. The summed E-state index contributed by atoms with van der Waals surface area (Å²) in [6, 6.07) is 11.5. The highest BCUT2D eigenvalue weighted by atomic mass is 35.5. The lowest BCUT2D eigenvalue weighted by Gasteiger charge is -2.24. The van der Waals surface area contributed by atoms with Crippen LogP contribution >= 0.6 is 11.6 Å². The van der Waals surface area contributed by atoms with Gasteiger partial charge in [0.15, 0.2) is 0 Å². The number of ether oxygens (including phenoxy) is 1. The third-order valence-electron chi connectivity index (χ3n) is 4.74. The molecule has 2 aliphatic heterocycles. The van der Waals surface area contributed by atoms with E-state index in [0.29, 0.717) is 9.92 Å². The van der Waals surface area contributed by atoms with Gasteiger partial charge < -0.3 is 15.2 Å². The predicted molar refractivity (Wildman–Crippen MR) is 102 cm³/mol. The molecule has 1 saturated heterocycles. The molecule has 2 unspecified atom stereocenters. The number of hydrogen-bond donors (Lipinski definition) is 2. The molecule has 30 heavy (non-hydrogen) atoms. The first-order valence-corrected chi connectivity index (χ1v) is 10.7. The van der Waals surface area contributed by atoms with Gasteiger partial charge in [0.1, 0.15) is 11.9 Å². The van der Waals surface area contributed by atoms with E-state index in [0.717, 1.165) is 30.8 Å². The molecule has 0 spiro atoms. The first-order chi connectivity index (χ1) is 14.0. The fourth-order valence-electron chi connectivity index (χ4n) is 3.33. The van der Waals surface area contributed by atoms with Gasteiger partial charge in [0.05, 0.1) is 9.79 Å². The quantitative estimate of drug-likeness (QED) is 0.706. The largest absolute Gasteiger partial charge is 0.490 e. The second-order valence-corrected chi connectivity index (χ2v) is 9.11. The lowest BCUT2D eigenvalue weighted by Crippen LogP contribution is -2.39. The van der Waals surface area contributed by atoms with Gasteiger partial charge in [0.25, 0.3) is 0 Å². The first-order valence-electron chi connectivity index (χ1n) is 8.82. The topological polar surface area (TPSA) is 92.7 Å². The minimum Gasteiger partial charge on any atom is -0.488 e. The van der Waals surface area contributed by atoms with Crippen LogP contribution in [0.2, 0.25) is 5.02 Å². The number of nitrogens with one attached hydrogen (secondary N) is 1. The second-order valence-electron chi connectivity index (χ2n) is 6.72. The van der Waals surface area contributed by atoms with Crippen molar-refractivity contribution < 1.29 is 36.2 Å². The number of carboxylic acids is 1. The van der Waals surface area contributed by atoms with Crippen molar-refractivity contribution in [2.45, 2.75) is 34.4 Å². The van der Waals surface area contributed by atoms with Crippen LogP contribution in [0.25, 0.3) is 0 Å². The van der Waals surface area contributed by atoms with Crippen LogP contribution in [0.5, 0.6) is 5.75 Å². The number of rotatable bonds is 2. The van der Waals surface area contributed by atoms with Crippen LogP contribution in [-0.4, -0.2) is 44.9 Å². The molecule has 0 bridgehead atoms. The summed E-state index contributed by atoms with van der Waals surface area (Å²) < 4.78 is 63.3. The van der Waals surface area contributed by atoms with E-state index in [1.54, 1.807) is 36.4 Å². The SMILES string of the molecule is O=C(O)C(F)(F)F.O=S(=O)(c1cccc(Cl)c1)c1ccc2c(c1)C1CCNCC1O2. The Balaban J connectivity index is 0.000000318. The zero-order chi connectivity index (χ0) is 22.1. The van der Waals surface area contributed by atoms with E-state index in [1.165, 1.54) is 6.07 Å². The van der Waals surface area contributed by atoms with Gasteiger partial charge in [0.2, 0.25) is 9.84 Å². The Kier molecular flexibility index (Phi) is 6.30. The van der Waals surface area contributed by atoms with Crippen LogP contribution in [0, 0.1) is 0 Å². The maximum absolute atomic E-state index is 12.8. The summed E-state index contributed by atoms with van der Waals surface area (Å²) in [7, 11) is -3.58. The van der Waals surface area contributed by atoms with Crippen molar-refractivity contribution in [3.8, 4) is 5.75 Å². The van der Waals surface area contributed by atoms with Crippen LogP contribution in [0.1, 0.15) is 17.9 Å². The van der Waals surface area contributed by atoms with Crippen molar-refractivity contribution in [2.24, 2.45) is 0 Å². The zero-order valence-corrected chi connectivity index (χ0v) is 16.9. The van der Waals surface area contributed by atoms with Gasteiger partial charge in [-0.25, -0.2) is 13.2 Å². The molecule has 6 nitrogen and oxygen atoms in total. The van der Waals surface area contributed by atoms with Crippen LogP contribution in [0.3, 0.4) is 0 Å². The molecule has 2 N–H and O–H groups in total. The van der Waals surface area contributed by atoms with Crippen molar-refractivity contribution in [2.75, 3.05) is 13.1 Å². The van der Waals surface area contributed by atoms with E-state index >= 15 is 0 Å². The molecule has 0 aromatic heterocycles. The minimum atomic E-state index is -5.08. The summed E-state index contributed by atoms with van der Waals surface area (Å²) >= 11 is 5.93. The molecular formula is C19H17ClF3NO5S. The molecule has 0 amide bonds. The summed E-state index contributed by atoms with van der Waals surface area (Å²) in [5.74, 6) is -1.69. The Hall–Kier alpha value is -2.30. The molecule has 2 heterocycles. The molecule has 2 aromatic rings. The van der Waals surface area contributed by atoms with Crippen LogP contribution in [0.15, 0.2) is 52.3 Å². The first kappa shape index (κ1) is 22.4. The standard InChI is InChI=1S/C17H16ClNO3S.C2HF3O2/c18-11-2-1-3-12(8-11)23(20,21)13-4-5-16-15(9-13)14-6-7-19-10-17(14)22-16;3-2(4,5)1(6)7/h1-5,8-9,14,17,19H,6-7,10H2;(H,6,7). The number of halogens is 4. The predicted octanol–water partition coefficient (Wildman–Crippen LogP) is 3.64. The molecule has 2 atom stereocenters. The highest BCUT2D eigenvalue weighted by molar-refractivity contribution is 7.91. The van der Waals surface area contributed by atoms with E-state index in [-0.39, 0.29) is 16.9 Å². The average Bonchev–Trinajstić information content (AvgIpc) is 3.05. The van der Waals surface area contributed by atoms with Crippen LogP contribution < -0.4 is 10.1 Å². The highest BCUT2D eigenvalue weighted by Gasteiger charge is 2.38. The summed E-state index contributed by atoms with van der Waals surface area (Å²) in [4.78, 5) is 9.40. The van der Waals surface area contributed by atoms with E-state index in [1.807, 2.05) is 0 Å². The van der Waals surface area contributed by atoms with E-state index in [9.17, 15) is 21.6 Å². The minimum absolute atomic E-state index is 0.0999. The van der Waals surface area contributed by atoms with Gasteiger partial charge in [-0.2, -0.15) is 13.2 Å². The number of aliphatic carboxylic acids is 1. The monoisotopic (exact) mass is 463 g/mol. The van der Waals surface area contributed by atoms with Gasteiger partial charge in [-0.3, -0.25) is 0 Å². The normalized spacial score (nSPS) is 20.3. The summed E-state index contributed by atoms with van der Waals surface area (Å²) in [5.41, 5.74) is 1.000. The van der Waals surface area contributed by atoms with E-state index in [4.69, 9.17) is 26.2 Å². The summed E-state index contributed by atoms with van der Waals surface area (Å²) in [6.45, 7) is 1.73. The lowest BCUT2D eigenvalue weighted by atomic mass is 9.90. The van der Waals surface area contributed by atoms with Crippen molar-refractivity contribution in [1.29, 1.82) is 0 Å². The van der Waals surface area contributed by atoms with Gasteiger partial charge in [0, 0.05) is 23.0 Å². The van der Waals surface area contributed by atoms with Gasteiger partial charge >= 0.3 is 12.1 Å². The van der Waals surface area contributed by atoms with Gasteiger partial charge in [-0.15, -0.1) is 0 Å². The van der Waals surface area contributed by atoms with Crippen molar-refractivity contribution in [1.82, 2.24) is 5.32 Å². The number of hydrogen-bond acceptors (Lipinski definition) is 5. The Morgan fingerprint density at radius 1 is 1.17 bits per heavy atom. The smallest absolute Gasteiger partial charge is 0.488 e. The van der Waals surface area contributed by atoms with Crippen molar-refractivity contribution >= 4 is 27.4 Å². The number of carboxylic acid groups (broad SMARTS) is 1. The Morgan fingerprint density at radius 2 is 1.83 bits per heavy atom. The Labute approximate surface area is 175 Å². The van der Waals surface area contributed by atoms with Crippen molar-refractivity contribution in [3.63, 3.8) is 0 Å². The molecule has 2 aromatic carbocycles. The Bertz CT molecular complexity index is 1060. The number of piperidine rings is 1. The molecule has 0 radical (unpaired) electrons. The zero-order valence-electron chi connectivity index (χ0n) is 15.3. The molecule has 11 heteroatoms. The summed E-state index contributed by atoms with van der Waals surface area (Å²) in [5, 5.41) is 10.8. The number of fused-ring (bicyclic) bond motifs is 3. The van der Waals surface area contributed by atoms with Crippen molar-refractivity contribution in [3.05, 3.63) is 53.1 Å². The van der Waals surface area contributed by atoms with Crippen LogP contribution in [-0.2, 0) is 14.6 Å². The third-order valence-corrected chi connectivity index (χ3v) is 6.73. The van der Waals surface area contributed by atoms with E-state index in [2.05, 4.69) is 5.32 Å². The molecule has 0 saturated carbocycles. The van der Waals surface area contributed by atoms with Crippen LogP contribution in [0.4, 0.5) is 13.2 Å². The molecular weight excluding hydrogens is 447 g/mol. The fourth-order valence-corrected chi connectivity index (χ4v) is 4.93. The molecule has 0 aliphatic carbocycles. The third kappa shape index (κ3) is 4.71. The maximum atomic E-state index is 12.8. The average molecular weight is 464 g/mol. The lowest BCUT2D eigenvalue weighted by molar-refractivity contribution is -0.192. The van der Waals surface area contributed by atoms with Gasteiger partial charge in [-0.05, 0) is 49.4 Å². The van der Waals surface area contributed by atoms with Gasteiger partial charge in [-0.1, -0.05) is 17.7 Å². The summed E-state index contributed by atoms with van der Waals surface area (Å²) in [6.07, 6.45) is -4.03. The maximum Gasteiger partial charge on any atom is 0.490 e. The number of carbonyl (C=O) groups is 1. The number of benzene rings is 2. The Morgan fingerprint density at radius 3 is 2.47 bits per heavy atom. The molecule has 4 rings (SSSR count). The second kappa shape index (κ2) is 8.44. The molecule has 2 aliphatic rings. The number of alkyl halides is 3. The molecule has 1 fully saturated rings. The molecule has 162 valence electrons. The number of sulfone groups is 1. The van der Waals surface area contributed by atoms with E-state index < -0.39 is 22.0 Å².